The largest absolute Gasteiger partial charge is 0.480 e. The number of rotatable bonds is 6. The van der Waals surface area contributed by atoms with Gasteiger partial charge in [-0.15, -0.1) is 0 Å². The van der Waals surface area contributed by atoms with Crippen molar-refractivity contribution in [2.24, 2.45) is 7.05 Å². The number of hydrogen-bond acceptors (Lipinski definition) is 4. The van der Waals surface area contributed by atoms with E-state index in [0.717, 1.165) is 0 Å². The predicted molar refractivity (Wildman–Crippen MR) is 115 cm³/mol. The fourth-order valence-corrected chi connectivity index (χ4v) is 4.65. The lowest BCUT2D eigenvalue weighted by Crippen LogP contribution is -2.28. The number of aliphatic carboxylic acids is 1. The van der Waals surface area contributed by atoms with Gasteiger partial charge in [-0.05, 0) is 49.2 Å². The lowest BCUT2D eigenvalue weighted by atomic mass is 10.1. The number of carbonyl (C=O) groups excluding carboxylic acids is 1. The van der Waals surface area contributed by atoms with Crippen LogP contribution in [-0.4, -0.2) is 35.7 Å². The first-order chi connectivity index (χ1) is 14.4. The maximum absolute atomic E-state index is 14.1. The number of nitrogens with zero attached hydrogens (tertiary/aromatic N) is 1. The van der Waals surface area contributed by atoms with E-state index in [4.69, 9.17) is 16.7 Å². The van der Waals surface area contributed by atoms with E-state index >= 15 is 0 Å². The summed E-state index contributed by atoms with van der Waals surface area (Å²) in [5.74, 6) is -3.38. The zero-order valence-corrected chi connectivity index (χ0v) is 18.5. The van der Waals surface area contributed by atoms with Gasteiger partial charge in [0.2, 0.25) is 0 Å². The maximum Gasteiger partial charge on any atom is 0.319 e. The Labute approximate surface area is 183 Å². The Balaban J connectivity index is 1.83. The summed E-state index contributed by atoms with van der Waals surface area (Å²) in [7, 11) is -2.25. The van der Waals surface area contributed by atoms with Crippen LogP contribution in [0.3, 0.4) is 0 Å². The summed E-state index contributed by atoms with van der Waals surface area (Å²) in [6.07, 6.45) is 0. The van der Waals surface area contributed by atoms with Crippen molar-refractivity contribution in [3.05, 3.63) is 64.1 Å². The molecule has 2 N–H and O–H groups in total. The second-order valence-corrected chi connectivity index (χ2v) is 9.63. The first-order valence-electron chi connectivity index (χ1n) is 9.21. The number of amides is 1. The number of carbonyl (C=O) groups is 2. The zero-order chi connectivity index (χ0) is 23.1. The highest BCUT2D eigenvalue weighted by molar-refractivity contribution is 7.92. The molecule has 10 heteroatoms. The van der Waals surface area contributed by atoms with E-state index < -0.39 is 39.3 Å². The van der Waals surface area contributed by atoms with E-state index in [2.05, 4.69) is 5.32 Å². The monoisotopic (exact) mass is 466 g/mol. The van der Waals surface area contributed by atoms with Crippen LogP contribution in [0.25, 0.3) is 10.9 Å². The molecule has 0 spiro atoms. The second kappa shape index (κ2) is 8.32. The second-order valence-electron chi connectivity index (χ2n) is 7.26. The Morgan fingerprint density at radius 1 is 1.23 bits per heavy atom. The molecule has 3 aromatic rings. The van der Waals surface area contributed by atoms with Crippen LogP contribution in [0.4, 0.5) is 4.39 Å². The maximum atomic E-state index is 14.1. The Morgan fingerprint density at radius 3 is 2.42 bits per heavy atom. The highest BCUT2D eigenvalue weighted by Gasteiger charge is 2.21. The molecule has 1 amide bonds. The minimum Gasteiger partial charge on any atom is -0.480 e. The van der Waals surface area contributed by atoms with Crippen molar-refractivity contribution in [3.63, 3.8) is 0 Å². The predicted octanol–water partition coefficient (Wildman–Crippen LogP) is 3.63. The Hall–Kier alpha value is -2.91. The molecule has 0 radical (unpaired) electrons. The molecule has 7 nitrogen and oxygen atoms in total. The van der Waals surface area contributed by atoms with Crippen LogP contribution >= 0.6 is 11.6 Å². The van der Waals surface area contributed by atoms with E-state index in [1.807, 2.05) is 0 Å². The quantitative estimate of drug-likeness (QED) is 0.577. The third-order valence-electron chi connectivity index (χ3n) is 5.04. The van der Waals surface area contributed by atoms with Gasteiger partial charge in [0.05, 0.1) is 21.5 Å². The van der Waals surface area contributed by atoms with Crippen LogP contribution in [-0.2, 0) is 21.7 Å². The molecular weight excluding hydrogens is 447 g/mol. The summed E-state index contributed by atoms with van der Waals surface area (Å²) in [6, 6.07) is 8.29. The fraction of sp³-hybridized carbons (Fsp3) is 0.238. The molecule has 1 atom stereocenters. The molecule has 1 heterocycles. The summed E-state index contributed by atoms with van der Waals surface area (Å²) in [6.45, 7) is 3.31. The molecule has 0 aliphatic rings. The fourth-order valence-electron chi connectivity index (χ4n) is 3.31. The molecule has 164 valence electrons. The summed E-state index contributed by atoms with van der Waals surface area (Å²) < 4.78 is 39.7. The molecule has 0 fully saturated rings. The first kappa shape index (κ1) is 22.8. The van der Waals surface area contributed by atoms with Crippen molar-refractivity contribution >= 4 is 44.2 Å². The first-order valence-corrected chi connectivity index (χ1v) is 11.2. The van der Waals surface area contributed by atoms with Crippen LogP contribution in [0.1, 0.15) is 34.6 Å². The average Bonchev–Trinajstić information content (AvgIpc) is 3.02. The van der Waals surface area contributed by atoms with Gasteiger partial charge >= 0.3 is 5.97 Å². The van der Waals surface area contributed by atoms with E-state index in [0.29, 0.717) is 22.0 Å². The molecule has 2 aromatic carbocycles. The zero-order valence-electron chi connectivity index (χ0n) is 16.9. The topological polar surface area (TPSA) is 105 Å². The van der Waals surface area contributed by atoms with Gasteiger partial charge in [0.1, 0.15) is 11.5 Å². The third kappa shape index (κ3) is 4.42. The number of aromatic nitrogens is 1. The number of hydrogen-bond donors (Lipinski definition) is 2. The smallest absolute Gasteiger partial charge is 0.319 e. The number of aryl methyl sites for hydroxylation is 2. The molecule has 1 aromatic heterocycles. The van der Waals surface area contributed by atoms with E-state index in [1.165, 1.54) is 30.3 Å². The van der Waals surface area contributed by atoms with E-state index in [9.17, 15) is 22.4 Å². The van der Waals surface area contributed by atoms with Crippen LogP contribution in [0.5, 0.6) is 0 Å². The lowest BCUT2D eigenvalue weighted by molar-refractivity contribution is -0.134. The molecule has 0 saturated carbocycles. The van der Waals surface area contributed by atoms with Gasteiger partial charge in [0.15, 0.2) is 15.6 Å². The van der Waals surface area contributed by atoms with Gasteiger partial charge in [-0.3, -0.25) is 9.59 Å². The normalized spacial score (nSPS) is 12.7. The highest BCUT2D eigenvalue weighted by Crippen LogP contribution is 2.31. The number of sulfone groups is 1. The molecule has 1 unspecified atom stereocenters. The van der Waals surface area contributed by atoms with Gasteiger partial charge in [-0.2, -0.15) is 0 Å². The number of fused-ring (bicyclic) bond motifs is 1. The molecule has 31 heavy (non-hydrogen) atoms. The van der Waals surface area contributed by atoms with Crippen LogP contribution in [0.15, 0.2) is 41.3 Å². The van der Waals surface area contributed by atoms with Crippen molar-refractivity contribution in [2.45, 2.75) is 24.8 Å². The molecule has 0 bridgehead atoms. The summed E-state index contributed by atoms with van der Waals surface area (Å²) in [4.78, 5) is 23.4. The summed E-state index contributed by atoms with van der Waals surface area (Å²) in [5, 5.41) is 11.9. The average molecular weight is 467 g/mol. The number of benzene rings is 2. The Bertz CT molecular complexity index is 1300. The SMILES string of the molecule is Cc1cc2c(cc(C(=O)NC(C)c3ccc(S(=O)(=O)CC(=O)O)cc3)n2C)c(Cl)c1F. The standard InChI is InChI=1S/C21H20ClFN2O5S/c1-11-8-16-15(19(22)20(11)23)9-17(25(16)3)21(28)24-12(2)13-4-6-14(7-5-13)31(29,30)10-18(26)27/h4-9,12H,10H2,1-3H3,(H,24,28)(H,26,27). The van der Waals surface area contributed by atoms with Crippen molar-refractivity contribution < 1.29 is 27.5 Å². The molecule has 0 aliphatic carbocycles. The van der Waals surface area contributed by atoms with Crippen LogP contribution in [0, 0.1) is 12.7 Å². The van der Waals surface area contributed by atoms with Gasteiger partial charge in [0.25, 0.3) is 5.91 Å². The van der Waals surface area contributed by atoms with Crippen molar-refractivity contribution in [1.82, 2.24) is 9.88 Å². The summed E-state index contributed by atoms with van der Waals surface area (Å²) in [5.41, 5.74) is 1.90. The summed E-state index contributed by atoms with van der Waals surface area (Å²) >= 11 is 6.10. The lowest BCUT2D eigenvalue weighted by Gasteiger charge is -2.15. The molecule has 0 aliphatic heterocycles. The van der Waals surface area contributed by atoms with Gasteiger partial charge in [-0.1, -0.05) is 23.7 Å². The minimum absolute atomic E-state index is 0.0455. The number of carboxylic acid groups (broad SMARTS) is 1. The van der Waals surface area contributed by atoms with Gasteiger partial charge < -0.3 is 15.0 Å². The van der Waals surface area contributed by atoms with Crippen LogP contribution in [0.2, 0.25) is 5.02 Å². The van der Waals surface area contributed by atoms with Crippen molar-refractivity contribution in [2.75, 3.05) is 5.75 Å². The van der Waals surface area contributed by atoms with Crippen LogP contribution < -0.4 is 5.32 Å². The Kier molecular flexibility index (Phi) is 6.11. The number of carboxylic acids is 1. The van der Waals surface area contributed by atoms with Gasteiger partial charge in [-0.25, -0.2) is 12.8 Å². The van der Waals surface area contributed by atoms with E-state index in [-0.39, 0.29) is 15.6 Å². The molecular formula is C21H20ClFN2O5S. The van der Waals surface area contributed by atoms with Gasteiger partial charge in [0, 0.05) is 12.4 Å². The third-order valence-corrected chi connectivity index (χ3v) is 7.03. The Morgan fingerprint density at radius 2 is 1.84 bits per heavy atom. The number of nitrogens with one attached hydrogen (secondary N) is 1. The molecule has 0 saturated heterocycles. The highest BCUT2D eigenvalue weighted by atomic mass is 35.5. The van der Waals surface area contributed by atoms with E-state index in [1.54, 1.807) is 31.5 Å². The van der Waals surface area contributed by atoms with Crippen molar-refractivity contribution in [1.29, 1.82) is 0 Å². The van der Waals surface area contributed by atoms with Crippen molar-refractivity contribution in [3.8, 4) is 0 Å². The minimum atomic E-state index is -3.93. The molecule has 3 rings (SSSR count). The number of halogens is 2.